The third-order valence-corrected chi connectivity index (χ3v) is 4.40. The van der Waals surface area contributed by atoms with Crippen molar-refractivity contribution in [3.8, 4) is 0 Å². The van der Waals surface area contributed by atoms with Crippen LogP contribution in [0.2, 0.25) is 0 Å². The van der Waals surface area contributed by atoms with Crippen molar-refractivity contribution in [3.05, 3.63) is 34.9 Å². The Balaban J connectivity index is 2.12. The molecule has 1 aliphatic rings. The van der Waals surface area contributed by atoms with Gasteiger partial charge in [0.2, 0.25) is 0 Å². The van der Waals surface area contributed by atoms with Crippen LogP contribution in [-0.2, 0) is 20.4 Å². The predicted molar refractivity (Wildman–Crippen MR) is 82.3 cm³/mol. The number of carbonyl (C=O) groups excluding carboxylic acids is 1. The maximum absolute atomic E-state index is 11.6. The summed E-state index contributed by atoms with van der Waals surface area (Å²) in [6.45, 7) is 10.1. The monoisotopic (exact) mass is 290 g/mol. The van der Waals surface area contributed by atoms with Crippen molar-refractivity contribution >= 4 is 13.1 Å². The van der Waals surface area contributed by atoms with Crippen molar-refractivity contribution in [2.24, 2.45) is 0 Å². The second-order valence-electron chi connectivity index (χ2n) is 6.53. The summed E-state index contributed by atoms with van der Waals surface area (Å²) >= 11 is 0. The maximum atomic E-state index is 11.6. The Labute approximate surface area is 126 Å². The fourth-order valence-electron chi connectivity index (χ4n) is 2.43. The topological polar surface area (TPSA) is 44.8 Å². The molecule has 0 N–H and O–H groups in total. The number of hydrogen-bond acceptors (Lipinski definition) is 4. The van der Waals surface area contributed by atoms with E-state index in [1.807, 2.05) is 46.8 Å². The van der Waals surface area contributed by atoms with Crippen LogP contribution in [0.5, 0.6) is 0 Å². The van der Waals surface area contributed by atoms with Crippen molar-refractivity contribution in [2.45, 2.75) is 52.1 Å². The minimum Gasteiger partial charge on any atom is -0.465 e. The summed E-state index contributed by atoms with van der Waals surface area (Å²) in [4.78, 5) is 11.6. The molecule has 0 aliphatic carbocycles. The van der Waals surface area contributed by atoms with Gasteiger partial charge in [-0.3, -0.25) is 0 Å². The number of carbonyl (C=O) groups is 1. The van der Waals surface area contributed by atoms with Gasteiger partial charge in [0.15, 0.2) is 0 Å². The van der Waals surface area contributed by atoms with Crippen molar-refractivity contribution in [1.82, 2.24) is 0 Å². The number of hydrogen-bond donors (Lipinski definition) is 0. The van der Waals surface area contributed by atoms with Crippen molar-refractivity contribution in [1.29, 1.82) is 0 Å². The average Bonchev–Trinajstić information content (AvgIpc) is 2.56. The first-order valence-corrected chi connectivity index (χ1v) is 7.20. The van der Waals surface area contributed by atoms with Gasteiger partial charge in [0.1, 0.15) is 0 Å². The van der Waals surface area contributed by atoms with Crippen LogP contribution in [-0.4, -0.2) is 31.4 Å². The summed E-state index contributed by atoms with van der Waals surface area (Å²) in [7, 11) is 1.12. The van der Waals surface area contributed by atoms with Crippen molar-refractivity contribution in [2.75, 3.05) is 7.11 Å². The van der Waals surface area contributed by atoms with E-state index < -0.39 is 0 Å². The first-order valence-electron chi connectivity index (χ1n) is 7.20. The Kier molecular flexibility index (Phi) is 4.18. The second kappa shape index (κ2) is 5.46. The Morgan fingerprint density at radius 2 is 1.76 bits per heavy atom. The summed E-state index contributed by atoms with van der Waals surface area (Å²) in [6, 6.07) is 5.70. The SMILES string of the molecule is COC(=O)c1ccc(CB2OC(C)(C)C(C)(C)O2)cc1C. The molecule has 1 aromatic rings. The van der Waals surface area contributed by atoms with Gasteiger partial charge in [-0.05, 0) is 51.8 Å². The van der Waals surface area contributed by atoms with Crippen LogP contribution in [0.3, 0.4) is 0 Å². The van der Waals surface area contributed by atoms with Crippen molar-refractivity contribution in [3.63, 3.8) is 0 Å². The van der Waals surface area contributed by atoms with E-state index in [1.54, 1.807) is 6.07 Å². The number of rotatable bonds is 3. The van der Waals surface area contributed by atoms with E-state index in [9.17, 15) is 4.79 Å². The number of benzene rings is 1. The van der Waals surface area contributed by atoms with Gasteiger partial charge >= 0.3 is 13.1 Å². The molecule has 0 spiro atoms. The summed E-state index contributed by atoms with van der Waals surface area (Å²) in [5, 5.41) is 0. The molecule has 1 saturated heterocycles. The van der Waals surface area contributed by atoms with E-state index in [-0.39, 0.29) is 24.3 Å². The second-order valence-corrected chi connectivity index (χ2v) is 6.53. The zero-order valence-corrected chi connectivity index (χ0v) is 13.6. The molecule has 1 fully saturated rings. The predicted octanol–water partition coefficient (Wildman–Crippen LogP) is 2.96. The van der Waals surface area contributed by atoms with Gasteiger partial charge < -0.3 is 14.0 Å². The van der Waals surface area contributed by atoms with Crippen LogP contribution >= 0.6 is 0 Å². The summed E-state index contributed by atoms with van der Waals surface area (Å²) < 4.78 is 16.7. The van der Waals surface area contributed by atoms with E-state index in [0.29, 0.717) is 11.9 Å². The van der Waals surface area contributed by atoms with Gasteiger partial charge in [-0.2, -0.15) is 0 Å². The van der Waals surface area contributed by atoms with E-state index in [1.165, 1.54) is 7.11 Å². The van der Waals surface area contributed by atoms with Gasteiger partial charge in [0.25, 0.3) is 0 Å². The molecule has 0 radical (unpaired) electrons. The molecule has 0 saturated carbocycles. The van der Waals surface area contributed by atoms with Crippen molar-refractivity contribution < 1.29 is 18.8 Å². The highest BCUT2D eigenvalue weighted by atomic mass is 16.7. The highest BCUT2D eigenvalue weighted by Crippen LogP contribution is 2.37. The quantitative estimate of drug-likeness (QED) is 0.634. The lowest BCUT2D eigenvalue weighted by Gasteiger charge is -2.32. The van der Waals surface area contributed by atoms with Gasteiger partial charge in [-0.25, -0.2) is 4.79 Å². The van der Waals surface area contributed by atoms with E-state index >= 15 is 0 Å². The van der Waals surface area contributed by atoms with Gasteiger partial charge in [0, 0.05) is 6.32 Å². The van der Waals surface area contributed by atoms with E-state index in [2.05, 4.69) is 0 Å². The largest absolute Gasteiger partial charge is 0.465 e. The maximum Gasteiger partial charge on any atom is 0.462 e. The summed E-state index contributed by atoms with van der Waals surface area (Å²) in [6.07, 6.45) is 0.662. The normalized spacial score (nSPS) is 19.6. The van der Waals surface area contributed by atoms with Crippen LogP contribution < -0.4 is 0 Å². The Hall–Kier alpha value is -1.33. The number of methoxy groups -OCH3 is 1. The fraction of sp³-hybridized carbons (Fsp3) is 0.562. The minimum atomic E-state index is -0.321. The van der Waals surface area contributed by atoms with Crippen LogP contribution in [0.25, 0.3) is 0 Å². The molecule has 0 bridgehead atoms. The van der Waals surface area contributed by atoms with E-state index in [4.69, 9.17) is 14.0 Å². The molecule has 4 nitrogen and oxygen atoms in total. The highest BCUT2D eigenvalue weighted by Gasteiger charge is 2.50. The Morgan fingerprint density at radius 3 is 2.24 bits per heavy atom. The molecule has 1 aromatic carbocycles. The third kappa shape index (κ3) is 3.14. The lowest BCUT2D eigenvalue weighted by molar-refractivity contribution is 0.00578. The standard InChI is InChI=1S/C16H23BO4/c1-11-9-12(7-8-13(11)14(18)19-6)10-17-20-15(2,3)16(4,5)21-17/h7-9H,10H2,1-6H3. The molecule has 2 rings (SSSR count). The molecule has 0 aromatic heterocycles. The zero-order valence-electron chi connectivity index (χ0n) is 13.6. The van der Waals surface area contributed by atoms with Crippen LogP contribution in [0.15, 0.2) is 18.2 Å². The number of ether oxygens (including phenoxy) is 1. The fourth-order valence-corrected chi connectivity index (χ4v) is 2.43. The molecule has 1 aliphatic heterocycles. The minimum absolute atomic E-state index is 0.265. The number of aryl methyl sites for hydroxylation is 1. The zero-order chi connectivity index (χ0) is 15.8. The smallest absolute Gasteiger partial charge is 0.462 e. The number of esters is 1. The molecule has 1 heterocycles. The van der Waals surface area contributed by atoms with Crippen LogP contribution in [0, 0.1) is 6.92 Å². The lowest BCUT2D eigenvalue weighted by atomic mass is 9.80. The molecule has 0 atom stereocenters. The van der Waals surface area contributed by atoms with Crippen LogP contribution in [0.4, 0.5) is 0 Å². The molecule has 5 heteroatoms. The molecular weight excluding hydrogens is 267 g/mol. The Morgan fingerprint density at radius 1 is 1.19 bits per heavy atom. The van der Waals surface area contributed by atoms with Gasteiger partial charge in [0.05, 0.1) is 23.9 Å². The first kappa shape index (κ1) is 16.1. The molecule has 0 unspecified atom stereocenters. The molecule has 21 heavy (non-hydrogen) atoms. The average molecular weight is 290 g/mol. The third-order valence-electron chi connectivity index (χ3n) is 4.40. The van der Waals surface area contributed by atoms with Crippen LogP contribution in [0.1, 0.15) is 49.2 Å². The molecule has 114 valence electrons. The highest BCUT2D eigenvalue weighted by molar-refractivity contribution is 6.45. The molecule has 0 amide bonds. The summed E-state index contributed by atoms with van der Waals surface area (Å²) in [5.41, 5.74) is 1.93. The van der Waals surface area contributed by atoms with Gasteiger partial charge in [-0.1, -0.05) is 12.1 Å². The van der Waals surface area contributed by atoms with E-state index in [0.717, 1.165) is 11.1 Å². The lowest BCUT2D eigenvalue weighted by Crippen LogP contribution is -2.41. The van der Waals surface area contributed by atoms with Gasteiger partial charge in [-0.15, -0.1) is 0 Å². The Bertz CT molecular complexity index is 535. The summed E-state index contributed by atoms with van der Waals surface area (Å²) in [5.74, 6) is -0.310. The molecular formula is C16H23BO4. The first-order chi connectivity index (χ1) is 9.66.